The average molecular weight is 332 g/mol. The van der Waals surface area contributed by atoms with Gasteiger partial charge in [-0.2, -0.15) is 0 Å². The lowest BCUT2D eigenvalue weighted by molar-refractivity contribution is -0.118. The Kier molecular flexibility index (Phi) is 5.86. The van der Waals surface area contributed by atoms with Crippen LogP contribution in [-0.4, -0.2) is 5.78 Å². The molecular formula is C22H20OS. The first-order chi connectivity index (χ1) is 11.8. The fourth-order valence-electron chi connectivity index (χ4n) is 2.63. The Morgan fingerprint density at radius 3 is 1.92 bits per heavy atom. The van der Waals surface area contributed by atoms with Crippen molar-refractivity contribution in [3.05, 3.63) is 102 Å². The van der Waals surface area contributed by atoms with Crippen LogP contribution in [0.2, 0.25) is 0 Å². The van der Waals surface area contributed by atoms with Gasteiger partial charge in [0.15, 0.2) is 5.78 Å². The van der Waals surface area contributed by atoms with Crippen molar-refractivity contribution in [1.29, 1.82) is 0 Å². The molecule has 0 aliphatic rings. The third-order valence-corrected chi connectivity index (χ3v) is 5.21. The van der Waals surface area contributed by atoms with Crippen molar-refractivity contribution < 1.29 is 4.79 Å². The van der Waals surface area contributed by atoms with Crippen LogP contribution < -0.4 is 0 Å². The summed E-state index contributed by atoms with van der Waals surface area (Å²) in [7, 11) is 0. The maximum atomic E-state index is 12.9. The molecule has 0 saturated carbocycles. The minimum atomic E-state index is -0.155. The van der Waals surface area contributed by atoms with E-state index >= 15 is 0 Å². The molecule has 120 valence electrons. The van der Waals surface area contributed by atoms with Crippen LogP contribution in [0.15, 0.2) is 95.9 Å². The highest BCUT2D eigenvalue weighted by atomic mass is 32.2. The van der Waals surface area contributed by atoms with E-state index in [2.05, 4.69) is 24.3 Å². The lowest BCUT2D eigenvalue weighted by atomic mass is 10.0. The molecule has 2 heteroatoms. The number of rotatable bonds is 7. The maximum absolute atomic E-state index is 12.9. The van der Waals surface area contributed by atoms with Gasteiger partial charge < -0.3 is 0 Å². The molecule has 0 aliphatic carbocycles. The van der Waals surface area contributed by atoms with E-state index in [1.165, 1.54) is 5.56 Å². The Morgan fingerprint density at radius 1 is 0.750 bits per heavy atom. The van der Waals surface area contributed by atoms with E-state index in [0.29, 0.717) is 6.42 Å². The molecule has 0 bridgehead atoms. The molecule has 0 radical (unpaired) electrons. The molecule has 1 nitrogen and oxygen atoms in total. The van der Waals surface area contributed by atoms with Crippen LogP contribution in [0.25, 0.3) is 0 Å². The number of carbonyl (C=O) groups excluding carboxylic acids is 1. The average Bonchev–Trinajstić information content (AvgIpc) is 2.66. The number of Topliss-reactive ketones (excluding diaryl/α,β-unsaturated/α-hetero) is 1. The maximum Gasteiger partial charge on any atom is 0.150 e. The van der Waals surface area contributed by atoms with Crippen LogP contribution in [0.1, 0.15) is 22.8 Å². The summed E-state index contributed by atoms with van der Waals surface area (Å²) in [6, 6.07) is 30.4. The third-order valence-electron chi connectivity index (χ3n) is 3.89. The smallest absolute Gasteiger partial charge is 0.150 e. The van der Waals surface area contributed by atoms with Crippen molar-refractivity contribution in [3.63, 3.8) is 0 Å². The fourth-order valence-corrected chi connectivity index (χ4v) is 3.75. The van der Waals surface area contributed by atoms with E-state index in [0.717, 1.165) is 16.9 Å². The molecule has 0 heterocycles. The van der Waals surface area contributed by atoms with Crippen LogP contribution in [0.3, 0.4) is 0 Å². The Balaban J connectivity index is 1.75. The van der Waals surface area contributed by atoms with Gasteiger partial charge in [0.1, 0.15) is 0 Å². The van der Waals surface area contributed by atoms with Gasteiger partial charge >= 0.3 is 0 Å². The van der Waals surface area contributed by atoms with E-state index in [4.69, 9.17) is 0 Å². The fraction of sp³-hybridized carbons (Fsp3) is 0.136. The summed E-state index contributed by atoms with van der Waals surface area (Å²) >= 11 is 1.64. The number of benzene rings is 3. The van der Waals surface area contributed by atoms with Crippen LogP contribution in [0.4, 0.5) is 0 Å². The molecule has 1 unspecified atom stereocenters. The lowest BCUT2D eigenvalue weighted by Gasteiger charge is -2.16. The van der Waals surface area contributed by atoms with E-state index in [1.807, 2.05) is 66.7 Å². The summed E-state index contributed by atoms with van der Waals surface area (Å²) in [6.45, 7) is 0. The standard InChI is InChI=1S/C22H20OS/c23-21(17-16-18-10-4-1-5-11-18)22(19-12-6-2-7-13-19)24-20-14-8-3-9-15-20/h1-15,22H,16-17H2. The second kappa shape index (κ2) is 8.51. The van der Waals surface area contributed by atoms with Crippen LogP contribution in [0.5, 0.6) is 0 Å². The van der Waals surface area contributed by atoms with Crippen molar-refractivity contribution in [2.24, 2.45) is 0 Å². The van der Waals surface area contributed by atoms with E-state index in [-0.39, 0.29) is 11.0 Å². The molecule has 3 aromatic carbocycles. The third kappa shape index (κ3) is 4.59. The van der Waals surface area contributed by atoms with Gasteiger partial charge in [-0.1, -0.05) is 78.9 Å². The van der Waals surface area contributed by atoms with Gasteiger partial charge in [0, 0.05) is 11.3 Å². The van der Waals surface area contributed by atoms with Gasteiger partial charge in [-0.3, -0.25) is 4.79 Å². The first-order valence-corrected chi connectivity index (χ1v) is 9.04. The Bertz CT molecular complexity index is 754. The quantitative estimate of drug-likeness (QED) is 0.515. The monoisotopic (exact) mass is 332 g/mol. The summed E-state index contributed by atoms with van der Waals surface area (Å²) in [5.41, 5.74) is 2.28. The predicted molar refractivity (Wildman–Crippen MR) is 101 cm³/mol. The molecule has 0 spiro atoms. The highest BCUT2D eigenvalue weighted by Gasteiger charge is 2.21. The molecule has 3 rings (SSSR count). The molecule has 0 fully saturated rings. The van der Waals surface area contributed by atoms with Crippen molar-refractivity contribution in [3.8, 4) is 0 Å². The zero-order chi connectivity index (χ0) is 16.6. The Morgan fingerprint density at radius 2 is 1.29 bits per heavy atom. The SMILES string of the molecule is O=C(CCc1ccccc1)C(Sc1ccccc1)c1ccccc1. The highest BCUT2D eigenvalue weighted by molar-refractivity contribution is 8.00. The normalized spacial score (nSPS) is 11.8. The summed E-state index contributed by atoms with van der Waals surface area (Å²) in [5.74, 6) is 0.277. The molecule has 0 amide bonds. The second-order valence-electron chi connectivity index (χ2n) is 5.67. The van der Waals surface area contributed by atoms with Gasteiger partial charge in [0.25, 0.3) is 0 Å². The minimum Gasteiger partial charge on any atom is -0.298 e. The zero-order valence-electron chi connectivity index (χ0n) is 13.5. The van der Waals surface area contributed by atoms with E-state index in [9.17, 15) is 4.79 Å². The number of carbonyl (C=O) groups is 1. The van der Waals surface area contributed by atoms with Gasteiger partial charge in [-0.25, -0.2) is 0 Å². The largest absolute Gasteiger partial charge is 0.298 e. The summed E-state index contributed by atoms with van der Waals surface area (Å²) in [4.78, 5) is 14.0. The molecular weight excluding hydrogens is 312 g/mol. The minimum absolute atomic E-state index is 0.155. The molecule has 0 aliphatic heterocycles. The van der Waals surface area contributed by atoms with Crippen LogP contribution in [-0.2, 0) is 11.2 Å². The summed E-state index contributed by atoms with van der Waals surface area (Å²) < 4.78 is 0. The van der Waals surface area contributed by atoms with E-state index < -0.39 is 0 Å². The second-order valence-corrected chi connectivity index (χ2v) is 6.85. The number of hydrogen-bond donors (Lipinski definition) is 0. The van der Waals surface area contributed by atoms with Crippen molar-refractivity contribution in [1.82, 2.24) is 0 Å². The molecule has 3 aromatic rings. The van der Waals surface area contributed by atoms with Crippen LogP contribution in [0, 0.1) is 0 Å². The molecule has 24 heavy (non-hydrogen) atoms. The van der Waals surface area contributed by atoms with Crippen molar-refractivity contribution in [2.45, 2.75) is 23.0 Å². The zero-order valence-corrected chi connectivity index (χ0v) is 14.3. The highest BCUT2D eigenvalue weighted by Crippen LogP contribution is 2.36. The van der Waals surface area contributed by atoms with E-state index in [1.54, 1.807) is 11.8 Å². The Labute approximate surface area is 147 Å². The first kappa shape index (κ1) is 16.5. The molecule has 1 atom stereocenters. The molecule has 0 N–H and O–H groups in total. The number of ketones is 1. The Hall–Kier alpha value is -2.32. The van der Waals surface area contributed by atoms with Crippen molar-refractivity contribution >= 4 is 17.5 Å². The predicted octanol–water partition coefficient (Wildman–Crippen LogP) is 5.72. The number of thioether (sulfide) groups is 1. The first-order valence-electron chi connectivity index (χ1n) is 8.16. The van der Waals surface area contributed by atoms with Crippen molar-refractivity contribution in [2.75, 3.05) is 0 Å². The van der Waals surface area contributed by atoms with Gasteiger partial charge in [-0.05, 0) is 29.7 Å². The number of hydrogen-bond acceptors (Lipinski definition) is 2. The lowest BCUT2D eigenvalue weighted by Crippen LogP contribution is -2.10. The summed E-state index contributed by atoms with van der Waals surface area (Å²) in [6.07, 6.45) is 1.35. The molecule has 0 aromatic heterocycles. The van der Waals surface area contributed by atoms with Gasteiger partial charge in [0.2, 0.25) is 0 Å². The van der Waals surface area contributed by atoms with Crippen LogP contribution >= 0.6 is 11.8 Å². The number of aryl methyl sites for hydroxylation is 1. The topological polar surface area (TPSA) is 17.1 Å². The summed E-state index contributed by atoms with van der Waals surface area (Å²) in [5, 5.41) is -0.155. The van der Waals surface area contributed by atoms with Gasteiger partial charge in [0.05, 0.1) is 5.25 Å². The van der Waals surface area contributed by atoms with Gasteiger partial charge in [-0.15, -0.1) is 11.8 Å². The molecule has 0 saturated heterocycles.